The zero-order valence-electron chi connectivity index (χ0n) is 18.9. The van der Waals surface area contributed by atoms with Crippen molar-refractivity contribution in [2.75, 3.05) is 6.61 Å². The standard InChI is InChI=1S/C25H30FNO6/c1-13(2)32-16-8-7-15(19(26)9-16)10-27-11-18(17-6-4-5-14(3)21(17)27)25-24(31)23(30)22(29)20(12-28)33-25/h4-9,11,13,20,22-25,28-31H,10,12H2,1-3H3/t20-,22-,23+,24-,25+/m1/s1. The maximum absolute atomic E-state index is 14.9. The van der Waals surface area contributed by atoms with Crippen molar-refractivity contribution in [3.05, 3.63) is 65.1 Å². The van der Waals surface area contributed by atoms with E-state index in [1.54, 1.807) is 18.3 Å². The monoisotopic (exact) mass is 459 g/mol. The second kappa shape index (κ2) is 9.40. The van der Waals surface area contributed by atoms with Gasteiger partial charge in [-0.3, -0.25) is 0 Å². The highest BCUT2D eigenvalue weighted by atomic mass is 19.1. The number of ether oxygens (including phenoxy) is 2. The summed E-state index contributed by atoms with van der Waals surface area (Å²) in [6.07, 6.45) is -4.59. The normalized spacial score (nSPS) is 25.7. The molecule has 178 valence electrons. The summed E-state index contributed by atoms with van der Waals surface area (Å²) < 4.78 is 28.1. The quantitative estimate of drug-likeness (QED) is 0.452. The summed E-state index contributed by atoms with van der Waals surface area (Å²) in [6, 6.07) is 10.5. The molecule has 2 heterocycles. The lowest BCUT2D eigenvalue weighted by Gasteiger charge is -2.40. The maximum Gasteiger partial charge on any atom is 0.131 e. The fourth-order valence-electron chi connectivity index (χ4n) is 4.47. The molecule has 33 heavy (non-hydrogen) atoms. The van der Waals surface area contributed by atoms with Gasteiger partial charge >= 0.3 is 0 Å². The minimum atomic E-state index is -1.48. The van der Waals surface area contributed by atoms with Crippen LogP contribution in [0.15, 0.2) is 42.6 Å². The summed E-state index contributed by atoms with van der Waals surface area (Å²) in [5.74, 6) is 0.0692. The Morgan fingerprint density at radius 3 is 2.52 bits per heavy atom. The Bertz CT molecular complexity index is 1130. The first-order valence-electron chi connectivity index (χ1n) is 11.0. The molecule has 0 spiro atoms. The predicted octanol–water partition coefficient (Wildman–Crippen LogP) is 2.44. The van der Waals surface area contributed by atoms with E-state index in [1.807, 2.05) is 43.5 Å². The maximum atomic E-state index is 14.9. The average Bonchev–Trinajstić information content (AvgIpc) is 3.13. The van der Waals surface area contributed by atoms with Gasteiger partial charge in [-0.1, -0.05) is 24.3 Å². The van der Waals surface area contributed by atoms with Crippen molar-refractivity contribution in [3.8, 4) is 5.75 Å². The van der Waals surface area contributed by atoms with Crippen LogP contribution in [0.25, 0.3) is 10.9 Å². The molecule has 0 aliphatic carbocycles. The van der Waals surface area contributed by atoms with Crippen molar-refractivity contribution in [1.29, 1.82) is 0 Å². The molecule has 1 fully saturated rings. The van der Waals surface area contributed by atoms with Crippen molar-refractivity contribution in [2.24, 2.45) is 0 Å². The predicted molar refractivity (Wildman–Crippen MR) is 121 cm³/mol. The molecule has 5 atom stereocenters. The highest BCUT2D eigenvalue weighted by molar-refractivity contribution is 5.87. The van der Waals surface area contributed by atoms with E-state index in [2.05, 4.69) is 0 Å². The molecule has 0 amide bonds. The molecule has 1 aliphatic rings. The van der Waals surface area contributed by atoms with Gasteiger partial charge in [-0.15, -0.1) is 0 Å². The molecule has 0 saturated carbocycles. The lowest BCUT2D eigenvalue weighted by Crippen LogP contribution is -2.55. The second-order valence-electron chi connectivity index (χ2n) is 8.85. The number of rotatable bonds is 6. The SMILES string of the molecule is Cc1cccc2c([C@@H]3O[C@H](CO)[C@@H](O)[C@H](O)[C@H]3O)cn(Cc3ccc(OC(C)C)cc3F)c12. The molecular weight excluding hydrogens is 429 g/mol. The van der Waals surface area contributed by atoms with Crippen LogP contribution in [0.2, 0.25) is 0 Å². The van der Waals surface area contributed by atoms with Crippen molar-refractivity contribution in [3.63, 3.8) is 0 Å². The number of aryl methyl sites for hydroxylation is 1. The number of aliphatic hydroxyl groups excluding tert-OH is 4. The van der Waals surface area contributed by atoms with Gasteiger partial charge in [-0.25, -0.2) is 4.39 Å². The molecule has 1 aliphatic heterocycles. The van der Waals surface area contributed by atoms with Crippen LogP contribution in [0, 0.1) is 12.7 Å². The Hall–Kier alpha value is -2.49. The molecule has 4 N–H and O–H groups in total. The molecule has 3 aromatic rings. The number of nitrogens with zero attached hydrogens (tertiary/aromatic N) is 1. The minimum absolute atomic E-state index is 0.0626. The van der Waals surface area contributed by atoms with Gasteiger partial charge in [-0.2, -0.15) is 0 Å². The van der Waals surface area contributed by atoms with Gasteiger partial charge in [-0.05, 0) is 32.4 Å². The Balaban J connectivity index is 1.74. The molecule has 4 rings (SSSR count). The molecule has 0 radical (unpaired) electrons. The molecule has 7 nitrogen and oxygen atoms in total. The fraction of sp³-hybridized carbons (Fsp3) is 0.440. The van der Waals surface area contributed by atoms with Gasteiger partial charge in [0, 0.05) is 28.8 Å². The van der Waals surface area contributed by atoms with Gasteiger partial charge < -0.3 is 34.5 Å². The molecular formula is C25H30FNO6. The second-order valence-corrected chi connectivity index (χ2v) is 8.85. The summed E-state index contributed by atoms with van der Waals surface area (Å²) in [5.41, 5.74) is 2.84. The Morgan fingerprint density at radius 1 is 1.09 bits per heavy atom. The summed E-state index contributed by atoms with van der Waals surface area (Å²) >= 11 is 0. The van der Waals surface area contributed by atoms with Crippen LogP contribution in [0.3, 0.4) is 0 Å². The van der Waals surface area contributed by atoms with Gasteiger partial charge in [0.1, 0.15) is 42.1 Å². The van der Waals surface area contributed by atoms with Crippen LogP contribution in [0.5, 0.6) is 5.75 Å². The van der Waals surface area contributed by atoms with Crippen molar-refractivity contribution in [2.45, 2.75) is 63.9 Å². The van der Waals surface area contributed by atoms with Gasteiger partial charge in [0.15, 0.2) is 0 Å². The topological polar surface area (TPSA) is 104 Å². The fourth-order valence-corrected chi connectivity index (χ4v) is 4.47. The highest BCUT2D eigenvalue weighted by Crippen LogP contribution is 2.38. The van der Waals surface area contributed by atoms with E-state index < -0.39 is 42.9 Å². The van der Waals surface area contributed by atoms with Gasteiger partial charge in [0.2, 0.25) is 0 Å². The van der Waals surface area contributed by atoms with E-state index in [-0.39, 0.29) is 12.6 Å². The Labute approximate surface area is 191 Å². The number of halogens is 1. The smallest absolute Gasteiger partial charge is 0.131 e. The summed E-state index contributed by atoms with van der Waals surface area (Å²) in [4.78, 5) is 0. The van der Waals surface area contributed by atoms with E-state index in [0.717, 1.165) is 16.5 Å². The molecule has 0 unspecified atom stereocenters. The van der Waals surface area contributed by atoms with E-state index in [1.165, 1.54) is 6.07 Å². The van der Waals surface area contributed by atoms with Crippen LogP contribution in [0.1, 0.15) is 36.6 Å². The van der Waals surface area contributed by atoms with Crippen LogP contribution < -0.4 is 4.74 Å². The third-order valence-corrected chi connectivity index (χ3v) is 6.07. The summed E-state index contributed by atoms with van der Waals surface area (Å²) in [5, 5.41) is 41.4. The van der Waals surface area contributed by atoms with E-state index in [4.69, 9.17) is 9.47 Å². The van der Waals surface area contributed by atoms with Gasteiger partial charge in [0.25, 0.3) is 0 Å². The lowest BCUT2D eigenvalue weighted by atomic mass is 9.91. The number of para-hydroxylation sites is 1. The molecule has 0 bridgehead atoms. The molecule has 8 heteroatoms. The van der Waals surface area contributed by atoms with E-state index in [9.17, 15) is 24.8 Å². The highest BCUT2D eigenvalue weighted by Gasteiger charge is 2.44. The van der Waals surface area contributed by atoms with Crippen molar-refractivity contribution < 1.29 is 34.3 Å². The number of aromatic nitrogens is 1. The third kappa shape index (κ3) is 4.49. The molecule has 2 aromatic carbocycles. The summed E-state index contributed by atoms with van der Waals surface area (Å²) in [7, 11) is 0. The minimum Gasteiger partial charge on any atom is -0.491 e. The average molecular weight is 460 g/mol. The van der Waals surface area contributed by atoms with Crippen molar-refractivity contribution >= 4 is 10.9 Å². The van der Waals surface area contributed by atoms with E-state index in [0.29, 0.717) is 16.9 Å². The number of benzene rings is 2. The van der Waals surface area contributed by atoms with Crippen LogP contribution in [-0.4, -0.2) is 62.1 Å². The van der Waals surface area contributed by atoms with Crippen LogP contribution in [-0.2, 0) is 11.3 Å². The Morgan fingerprint density at radius 2 is 1.85 bits per heavy atom. The first-order chi connectivity index (χ1) is 15.7. The number of fused-ring (bicyclic) bond motifs is 1. The lowest BCUT2D eigenvalue weighted by molar-refractivity contribution is -0.231. The third-order valence-electron chi connectivity index (χ3n) is 6.07. The molecule has 1 aromatic heterocycles. The zero-order valence-corrected chi connectivity index (χ0v) is 18.9. The molecule has 1 saturated heterocycles. The van der Waals surface area contributed by atoms with Crippen molar-refractivity contribution in [1.82, 2.24) is 4.57 Å². The van der Waals surface area contributed by atoms with Gasteiger partial charge in [0.05, 0.1) is 24.8 Å². The Kier molecular flexibility index (Phi) is 6.74. The largest absolute Gasteiger partial charge is 0.491 e. The number of hydrogen-bond donors (Lipinski definition) is 4. The first-order valence-corrected chi connectivity index (χ1v) is 11.0. The van der Waals surface area contributed by atoms with E-state index >= 15 is 0 Å². The number of aliphatic hydroxyl groups is 4. The van der Waals surface area contributed by atoms with Crippen LogP contribution in [0.4, 0.5) is 4.39 Å². The zero-order chi connectivity index (χ0) is 23.9. The van der Waals surface area contributed by atoms with Crippen LogP contribution >= 0.6 is 0 Å². The number of hydrogen-bond acceptors (Lipinski definition) is 6. The summed E-state index contributed by atoms with van der Waals surface area (Å²) in [6.45, 7) is 5.41. The first kappa shape index (κ1) is 23.7.